The fourth-order valence-corrected chi connectivity index (χ4v) is 2.14. The van der Waals surface area contributed by atoms with Crippen LogP contribution in [0.15, 0.2) is 61.2 Å². The third kappa shape index (κ3) is 6.32. The summed E-state index contributed by atoms with van der Waals surface area (Å²) in [7, 11) is 0. The molecule has 7 nitrogen and oxygen atoms in total. The summed E-state index contributed by atoms with van der Waals surface area (Å²) in [5, 5.41) is 5.45. The Morgan fingerprint density at radius 1 is 1.11 bits per heavy atom. The standard InChI is InChI=1S/C20H20N2O5/c1-3-18(23)21-13-14-6-5-7-16(12-14)22-19(24)15-8-10-17(11-9-15)27-20(25)26-4-2/h3,5-12H,1,4,13H2,2H3,(H,21,23)(H,22,24). The average Bonchev–Trinajstić information content (AvgIpc) is 2.67. The maximum absolute atomic E-state index is 12.3. The number of amides is 2. The highest BCUT2D eigenvalue weighted by molar-refractivity contribution is 6.04. The van der Waals surface area contributed by atoms with E-state index in [9.17, 15) is 14.4 Å². The van der Waals surface area contributed by atoms with Crippen molar-refractivity contribution in [3.8, 4) is 5.75 Å². The predicted octanol–water partition coefficient (Wildman–Crippen LogP) is 3.28. The maximum Gasteiger partial charge on any atom is 0.513 e. The van der Waals surface area contributed by atoms with Gasteiger partial charge in [0.05, 0.1) is 6.61 Å². The van der Waals surface area contributed by atoms with Crippen LogP contribution in [-0.4, -0.2) is 24.6 Å². The first-order valence-corrected chi connectivity index (χ1v) is 8.27. The number of hydrogen-bond donors (Lipinski definition) is 2. The second-order valence-corrected chi connectivity index (χ2v) is 5.39. The fraction of sp³-hybridized carbons (Fsp3) is 0.150. The molecule has 2 N–H and O–H groups in total. The average molecular weight is 368 g/mol. The van der Waals surface area contributed by atoms with Gasteiger partial charge in [-0.3, -0.25) is 9.59 Å². The van der Waals surface area contributed by atoms with Crippen LogP contribution in [0.3, 0.4) is 0 Å². The molecule has 7 heteroatoms. The van der Waals surface area contributed by atoms with Gasteiger partial charge in [-0.15, -0.1) is 0 Å². The van der Waals surface area contributed by atoms with Crippen molar-refractivity contribution in [2.45, 2.75) is 13.5 Å². The van der Waals surface area contributed by atoms with Crippen LogP contribution in [0.4, 0.5) is 10.5 Å². The number of carbonyl (C=O) groups excluding carboxylic acids is 3. The van der Waals surface area contributed by atoms with E-state index in [-0.39, 0.29) is 24.2 Å². The molecular weight excluding hydrogens is 348 g/mol. The number of rotatable bonds is 7. The Labute approximate surface area is 157 Å². The molecule has 27 heavy (non-hydrogen) atoms. The maximum atomic E-state index is 12.3. The lowest BCUT2D eigenvalue weighted by atomic mass is 10.1. The zero-order chi connectivity index (χ0) is 19.6. The summed E-state index contributed by atoms with van der Waals surface area (Å²) in [6, 6.07) is 13.2. The lowest BCUT2D eigenvalue weighted by Crippen LogP contribution is -2.20. The zero-order valence-electron chi connectivity index (χ0n) is 14.9. The smallest absolute Gasteiger partial charge is 0.434 e. The molecule has 0 saturated carbocycles. The summed E-state index contributed by atoms with van der Waals surface area (Å²) >= 11 is 0. The summed E-state index contributed by atoms with van der Waals surface area (Å²) < 4.78 is 9.63. The van der Waals surface area contributed by atoms with Crippen LogP contribution in [0.2, 0.25) is 0 Å². The van der Waals surface area contributed by atoms with Gasteiger partial charge < -0.3 is 20.1 Å². The van der Waals surface area contributed by atoms with Crippen molar-refractivity contribution in [1.82, 2.24) is 5.32 Å². The van der Waals surface area contributed by atoms with Crippen LogP contribution in [-0.2, 0) is 16.1 Å². The molecule has 2 rings (SSSR count). The van der Waals surface area contributed by atoms with E-state index in [2.05, 4.69) is 21.9 Å². The summed E-state index contributed by atoms with van der Waals surface area (Å²) in [6.07, 6.45) is 0.399. The van der Waals surface area contributed by atoms with Gasteiger partial charge in [-0.05, 0) is 55.0 Å². The van der Waals surface area contributed by atoms with E-state index in [1.54, 1.807) is 25.1 Å². The lowest BCUT2D eigenvalue weighted by Gasteiger charge is -2.09. The second-order valence-electron chi connectivity index (χ2n) is 5.39. The molecule has 0 aliphatic heterocycles. The Bertz CT molecular complexity index is 831. The molecule has 0 spiro atoms. The van der Waals surface area contributed by atoms with Crippen molar-refractivity contribution in [3.63, 3.8) is 0 Å². The van der Waals surface area contributed by atoms with Crippen LogP contribution < -0.4 is 15.4 Å². The molecule has 0 atom stereocenters. The summed E-state index contributed by atoms with van der Waals surface area (Å²) in [5.74, 6) is -0.301. The minimum atomic E-state index is -0.796. The summed E-state index contributed by atoms with van der Waals surface area (Å²) in [5.41, 5.74) is 1.83. The van der Waals surface area contributed by atoms with Crippen LogP contribution >= 0.6 is 0 Å². The van der Waals surface area contributed by atoms with Crippen LogP contribution in [0, 0.1) is 0 Å². The Kier molecular flexibility index (Phi) is 7.13. The molecule has 0 heterocycles. The van der Waals surface area contributed by atoms with Gasteiger partial charge in [0.1, 0.15) is 5.75 Å². The first kappa shape index (κ1) is 19.7. The van der Waals surface area contributed by atoms with Crippen LogP contribution in [0.5, 0.6) is 5.75 Å². The van der Waals surface area contributed by atoms with E-state index in [0.29, 0.717) is 17.8 Å². The number of benzene rings is 2. The minimum absolute atomic E-state index is 0.218. The Balaban J connectivity index is 1.97. The predicted molar refractivity (Wildman–Crippen MR) is 101 cm³/mol. The molecule has 2 amide bonds. The normalized spacial score (nSPS) is 9.81. The quantitative estimate of drug-likeness (QED) is 0.444. The van der Waals surface area contributed by atoms with Gasteiger partial charge in [0.25, 0.3) is 5.91 Å². The van der Waals surface area contributed by atoms with Crippen molar-refractivity contribution >= 4 is 23.7 Å². The molecule has 0 bridgehead atoms. The minimum Gasteiger partial charge on any atom is -0.434 e. The van der Waals surface area contributed by atoms with E-state index >= 15 is 0 Å². The van der Waals surface area contributed by atoms with Crippen molar-refractivity contribution < 1.29 is 23.9 Å². The van der Waals surface area contributed by atoms with E-state index in [4.69, 9.17) is 4.74 Å². The van der Waals surface area contributed by atoms with Crippen molar-refractivity contribution in [1.29, 1.82) is 0 Å². The largest absolute Gasteiger partial charge is 0.513 e. The number of ether oxygens (including phenoxy) is 2. The molecule has 0 fully saturated rings. The number of hydrogen-bond acceptors (Lipinski definition) is 5. The Morgan fingerprint density at radius 2 is 1.85 bits per heavy atom. The highest BCUT2D eigenvalue weighted by Gasteiger charge is 2.09. The fourth-order valence-electron chi connectivity index (χ4n) is 2.14. The van der Waals surface area contributed by atoms with Gasteiger partial charge in [0.2, 0.25) is 5.91 Å². The molecule has 0 saturated heterocycles. The molecule has 0 aromatic heterocycles. The molecule has 2 aromatic carbocycles. The first-order valence-electron chi connectivity index (χ1n) is 8.27. The molecule has 0 unspecified atom stereocenters. The highest BCUT2D eigenvalue weighted by Crippen LogP contribution is 2.16. The number of nitrogens with one attached hydrogen (secondary N) is 2. The zero-order valence-corrected chi connectivity index (χ0v) is 14.9. The van der Waals surface area contributed by atoms with Gasteiger partial charge in [-0.2, -0.15) is 0 Å². The Morgan fingerprint density at radius 3 is 2.52 bits per heavy atom. The van der Waals surface area contributed by atoms with E-state index in [0.717, 1.165) is 5.56 Å². The van der Waals surface area contributed by atoms with E-state index < -0.39 is 6.16 Å². The molecule has 0 radical (unpaired) electrons. The molecule has 0 aliphatic carbocycles. The molecular formula is C20H20N2O5. The van der Waals surface area contributed by atoms with Gasteiger partial charge in [-0.1, -0.05) is 18.7 Å². The van der Waals surface area contributed by atoms with Gasteiger partial charge in [0, 0.05) is 17.8 Å². The van der Waals surface area contributed by atoms with Crippen LogP contribution in [0.1, 0.15) is 22.8 Å². The Hall–Kier alpha value is -3.61. The summed E-state index contributed by atoms with van der Waals surface area (Å²) in [6.45, 7) is 5.61. The molecule has 140 valence electrons. The number of carbonyl (C=O) groups is 3. The van der Waals surface area contributed by atoms with Crippen molar-refractivity contribution in [3.05, 3.63) is 72.3 Å². The first-order chi connectivity index (χ1) is 13.0. The SMILES string of the molecule is C=CC(=O)NCc1cccc(NC(=O)c2ccc(OC(=O)OCC)cc2)c1. The third-order valence-electron chi connectivity index (χ3n) is 3.42. The van der Waals surface area contributed by atoms with Crippen molar-refractivity contribution in [2.75, 3.05) is 11.9 Å². The number of anilines is 1. The lowest BCUT2D eigenvalue weighted by molar-refractivity contribution is -0.116. The topological polar surface area (TPSA) is 93.7 Å². The molecule has 2 aromatic rings. The molecule has 0 aliphatic rings. The van der Waals surface area contributed by atoms with Crippen LogP contribution in [0.25, 0.3) is 0 Å². The monoisotopic (exact) mass is 368 g/mol. The van der Waals surface area contributed by atoms with Gasteiger partial charge >= 0.3 is 6.16 Å². The van der Waals surface area contributed by atoms with Gasteiger partial charge in [-0.25, -0.2) is 4.79 Å². The second kappa shape index (κ2) is 9.76. The summed E-state index contributed by atoms with van der Waals surface area (Å²) in [4.78, 5) is 34.8. The van der Waals surface area contributed by atoms with Gasteiger partial charge in [0.15, 0.2) is 0 Å². The van der Waals surface area contributed by atoms with Crippen molar-refractivity contribution in [2.24, 2.45) is 0 Å². The third-order valence-corrected chi connectivity index (χ3v) is 3.42. The van der Waals surface area contributed by atoms with E-state index in [1.807, 2.05) is 6.07 Å². The van der Waals surface area contributed by atoms with E-state index in [1.165, 1.54) is 30.3 Å². The highest BCUT2D eigenvalue weighted by atomic mass is 16.7.